The van der Waals surface area contributed by atoms with Gasteiger partial charge < -0.3 is 15.0 Å². The molecule has 0 aliphatic carbocycles. The van der Waals surface area contributed by atoms with Gasteiger partial charge in [-0.15, -0.1) is 0 Å². The summed E-state index contributed by atoms with van der Waals surface area (Å²) in [5.41, 5.74) is 0.774. The molecule has 0 unspecified atom stereocenters. The third-order valence-electron chi connectivity index (χ3n) is 4.70. The predicted molar refractivity (Wildman–Crippen MR) is 106 cm³/mol. The van der Waals surface area contributed by atoms with Crippen LogP contribution in [0.5, 0.6) is 0 Å². The van der Waals surface area contributed by atoms with Gasteiger partial charge in [0.05, 0.1) is 6.04 Å². The quantitative estimate of drug-likeness (QED) is 0.822. The molecule has 5 nitrogen and oxygen atoms in total. The Morgan fingerprint density at radius 2 is 1.90 bits per heavy atom. The number of amides is 2. The normalized spacial score (nSPS) is 17.5. The summed E-state index contributed by atoms with van der Waals surface area (Å²) in [6.45, 7) is 6.81. The lowest BCUT2D eigenvalue weighted by molar-refractivity contribution is -0.121. The summed E-state index contributed by atoms with van der Waals surface area (Å²) in [5.74, 6) is -1.61. The smallest absolute Gasteiger partial charge is 0.408 e. The van der Waals surface area contributed by atoms with E-state index in [4.69, 9.17) is 4.74 Å². The van der Waals surface area contributed by atoms with Gasteiger partial charge >= 0.3 is 6.09 Å². The lowest BCUT2D eigenvalue weighted by Crippen LogP contribution is -2.54. The molecule has 0 saturated heterocycles. The third-order valence-corrected chi connectivity index (χ3v) is 4.70. The largest absolute Gasteiger partial charge is 0.444 e. The van der Waals surface area contributed by atoms with Crippen LogP contribution in [0.4, 0.5) is 19.3 Å². The van der Waals surface area contributed by atoms with E-state index in [0.717, 1.165) is 23.8 Å². The van der Waals surface area contributed by atoms with Crippen molar-refractivity contribution in [1.29, 1.82) is 0 Å². The fraction of sp³-hybridized carbons (Fsp3) is 0.364. The zero-order valence-corrected chi connectivity index (χ0v) is 16.8. The molecule has 1 aliphatic rings. The molecule has 3 rings (SSSR count). The first kappa shape index (κ1) is 20.8. The number of alkyl carbamates (subject to hydrolysis) is 1. The van der Waals surface area contributed by atoms with Gasteiger partial charge in [-0.2, -0.15) is 0 Å². The van der Waals surface area contributed by atoms with Crippen LogP contribution < -0.4 is 10.2 Å². The maximum absolute atomic E-state index is 14.4. The minimum absolute atomic E-state index is 0.0612. The summed E-state index contributed by atoms with van der Waals surface area (Å²) in [4.78, 5) is 26.9. The number of nitrogens with zero attached hydrogens (tertiary/aromatic N) is 1. The number of rotatable bonds is 3. The molecule has 1 heterocycles. The molecule has 0 aromatic heterocycles. The monoisotopic (exact) mass is 402 g/mol. The van der Waals surface area contributed by atoms with Crippen LogP contribution in [0.1, 0.15) is 44.9 Å². The number of benzene rings is 2. The Hall–Kier alpha value is -2.96. The first-order valence-corrected chi connectivity index (χ1v) is 9.42. The number of carbonyl (C=O) groups excluding carboxylic acids is 2. The molecule has 154 valence electrons. The van der Waals surface area contributed by atoms with Crippen molar-refractivity contribution in [2.45, 2.75) is 51.8 Å². The van der Waals surface area contributed by atoms with Crippen LogP contribution >= 0.6 is 0 Å². The van der Waals surface area contributed by atoms with E-state index >= 15 is 0 Å². The number of anilines is 1. The highest BCUT2D eigenvalue weighted by atomic mass is 19.1. The molecule has 0 radical (unpaired) electrons. The number of carbonyl (C=O) groups is 2. The van der Waals surface area contributed by atoms with Crippen molar-refractivity contribution in [3.8, 4) is 0 Å². The molecule has 1 aliphatic heterocycles. The third kappa shape index (κ3) is 4.55. The van der Waals surface area contributed by atoms with Crippen LogP contribution in [0.15, 0.2) is 42.5 Å². The maximum atomic E-state index is 14.4. The zero-order valence-electron chi connectivity index (χ0n) is 16.8. The lowest BCUT2D eigenvalue weighted by atomic mass is 9.94. The average Bonchev–Trinajstić information content (AvgIpc) is 2.62. The van der Waals surface area contributed by atoms with Gasteiger partial charge in [0.25, 0.3) is 5.91 Å². The number of fused-ring (bicyclic) bond motifs is 1. The fourth-order valence-corrected chi connectivity index (χ4v) is 3.45. The molecule has 0 spiro atoms. The van der Waals surface area contributed by atoms with Crippen molar-refractivity contribution in [2.24, 2.45) is 0 Å². The minimum Gasteiger partial charge on any atom is -0.444 e. The molecular weight excluding hydrogens is 378 g/mol. The number of hydrogen-bond acceptors (Lipinski definition) is 3. The van der Waals surface area contributed by atoms with Crippen molar-refractivity contribution in [2.75, 3.05) is 4.90 Å². The van der Waals surface area contributed by atoms with Crippen molar-refractivity contribution < 1.29 is 23.1 Å². The van der Waals surface area contributed by atoms with E-state index in [1.807, 2.05) is 12.1 Å². The molecule has 2 aromatic rings. The molecule has 7 heteroatoms. The van der Waals surface area contributed by atoms with E-state index in [2.05, 4.69) is 5.32 Å². The van der Waals surface area contributed by atoms with E-state index in [-0.39, 0.29) is 12.0 Å². The molecule has 2 amide bonds. The summed E-state index contributed by atoms with van der Waals surface area (Å²) in [7, 11) is 0. The number of para-hydroxylation sites is 1. The van der Waals surface area contributed by atoms with E-state index < -0.39 is 41.3 Å². The Morgan fingerprint density at radius 1 is 1.21 bits per heavy atom. The fourth-order valence-electron chi connectivity index (χ4n) is 3.45. The summed E-state index contributed by atoms with van der Waals surface area (Å²) in [6, 6.07) is 8.70. The van der Waals surface area contributed by atoms with Gasteiger partial charge in [-0.05, 0) is 57.5 Å². The van der Waals surface area contributed by atoms with Crippen molar-refractivity contribution >= 4 is 17.7 Å². The summed E-state index contributed by atoms with van der Waals surface area (Å²) < 4.78 is 33.4. The average molecular weight is 402 g/mol. The maximum Gasteiger partial charge on any atom is 0.408 e. The minimum atomic E-state index is -0.876. The van der Waals surface area contributed by atoms with Crippen LogP contribution in [-0.4, -0.2) is 23.6 Å². The highest BCUT2D eigenvalue weighted by Crippen LogP contribution is 2.35. The van der Waals surface area contributed by atoms with Crippen molar-refractivity contribution in [1.82, 2.24) is 5.32 Å². The van der Waals surface area contributed by atoms with Crippen LogP contribution in [-0.2, 0) is 16.0 Å². The van der Waals surface area contributed by atoms with Gasteiger partial charge in [0.2, 0.25) is 0 Å². The summed E-state index contributed by atoms with van der Waals surface area (Å²) >= 11 is 0. The Morgan fingerprint density at radius 3 is 2.59 bits per heavy atom. The van der Waals surface area contributed by atoms with Crippen LogP contribution in [0.25, 0.3) is 0 Å². The Labute approximate surface area is 168 Å². The van der Waals surface area contributed by atoms with Gasteiger partial charge in [0, 0.05) is 17.7 Å². The number of nitrogens with one attached hydrogen (secondary N) is 1. The van der Waals surface area contributed by atoms with E-state index in [9.17, 15) is 18.4 Å². The highest BCUT2D eigenvalue weighted by molar-refractivity contribution is 6.02. The van der Waals surface area contributed by atoms with E-state index in [1.54, 1.807) is 39.8 Å². The topological polar surface area (TPSA) is 58.6 Å². The summed E-state index contributed by atoms with van der Waals surface area (Å²) in [5, 5.41) is 2.61. The second kappa shape index (κ2) is 7.81. The molecule has 0 saturated carbocycles. The molecule has 2 atom stereocenters. The predicted octanol–water partition coefficient (Wildman–Crippen LogP) is 4.51. The van der Waals surface area contributed by atoms with Crippen molar-refractivity contribution in [3.63, 3.8) is 0 Å². The molecular formula is C22H24F2N2O3. The first-order valence-electron chi connectivity index (χ1n) is 9.42. The van der Waals surface area contributed by atoms with Crippen LogP contribution in [0.2, 0.25) is 0 Å². The molecule has 2 aromatic carbocycles. The van der Waals surface area contributed by atoms with E-state index in [0.29, 0.717) is 5.69 Å². The van der Waals surface area contributed by atoms with Crippen molar-refractivity contribution in [3.05, 3.63) is 65.2 Å². The zero-order chi connectivity index (χ0) is 21.3. The number of ether oxygens (including phenoxy) is 1. The molecule has 1 N–H and O–H groups in total. The molecule has 0 bridgehead atoms. The molecule has 29 heavy (non-hydrogen) atoms. The first-order chi connectivity index (χ1) is 13.6. The van der Waals surface area contributed by atoms with Gasteiger partial charge in [-0.1, -0.05) is 18.2 Å². The van der Waals surface area contributed by atoms with Crippen LogP contribution in [0.3, 0.4) is 0 Å². The second-order valence-corrected chi connectivity index (χ2v) is 8.08. The standard InChI is InChI=1S/C22H24F2N2O3/c1-13(16-12-15(23)9-10-17(16)24)26-19-8-6-5-7-14(19)11-18(20(26)27)25-21(28)29-22(2,3)4/h5-10,12-13,18H,11H2,1-4H3,(H,25,28)/t13-,18+/m0/s1. The van der Waals surface area contributed by atoms with Gasteiger partial charge in [-0.25, -0.2) is 13.6 Å². The summed E-state index contributed by atoms with van der Waals surface area (Å²) in [6.07, 6.45) is -0.428. The Kier molecular flexibility index (Phi) is 5.59. The van der Waals surface area contributed by atoms with Crippen LogP contribution in [0, 0.1) is 11.6 Å². The number of hydrogen-bond donors (Lipinski definition) is 1. The number of halogens is 2. The van der Waals surface area contributed by atoms with E-state index in [1.165, 1.54) is 4.90 Å². The van der Waals surface area contributed by atoms with Gasteiger partial charge in [0.15, 0.2) is 0 Å². The lowest BCUT2D eigenvalue weighted by Gasteiger charge is -2.38. The van der Waals surface area contributed by atoms with Gasteiger partial charge in [-0.3, -0.25) is 4.79 Å². The SMILES string of the molecule is C[C@@H](c1cc(F)ccc1F)N1C(=O)[C@H](NC(=O)OC(C)(C)C)Cc2ccccc21. The molecule has 0 fully saturated rings. The second-order valence-electron chi connectivity index (χ2n) is 8.08. The van der Waals surface area contributed by atoms with Gasteiger partial charge in [0.1, 0.15) is 23.3 Å². The Bertz CT molecular complexity index is 940. The highest BCUT2D eigenvalue weighted by Gasteiger charge is 2.38. The Balaban J connectivity index is 1.96.